The van der Waals surface area contributed by atoms with Crippen molar-refractivity contribution in [3.05, 3.63) is 63.7 Å². The van der Waals surface area contributed by atoms with Crippen LogP contribution in [0.2, 0.25) is 0 Å². The van der Waals surface area contributed by atoms with Gasteiger partial charge in [-0.05, 0) is 43.7 Å². The van der Waals surface area contributed by atoms with E-state index in [9.17, 15) is 19.7 Å². The second-order valence-corrected chi connectivity index (χ2v) is 7.02. The zero-order valence-electron chi connectivity index (χ0n) is 14.6. The van der Waals surface area contributed by atoms with Gasteiger partial charge in [0.2, 0.25) is 5.91 Å². The van der Waals surface area contributed by atoms with Crippen LogP contribution in [-0.2, 0) is 4.79 Å². The van der Waals surface area contributed by atoms with Crippen LogP contribution in [0.3, 0.4) is 0 Å². The highest BCUT2D eigenvalue weighted by Gasteiger charge is 2.17. The molecular formula is C18H19N3O4S. The Hall–Kier alpha value is -2.87. The predicted octanol–water partition coefficient (Wildman–Crippen LogP) is 3.38. The lowest BCUT2D eigenvalue weighted by Crippen LogP contribution is -2.23. The number of anilines is 1. The van der Waals surface area contributed by atoms with Gasteiger partial charge in [-0.1, -0.05) is 6.07 Å². The second-order valence-electron chi connectivity index (χ2n) is 5.61. The number of amides is 2. The Morgan fingerprint density at radius 2 is 1.81 bits per heavy atom. The molecule has 0 radical (unpaired) electrons. The van der Waals surface area contributed by atoms with Crippen molar-refractivity contribution in [3.63, 3.8) is 0 Å². The highest BCUT2D eigenvalue weighted by atomic mass is 32.2. The quantitative estimate of drug-likeness (QED) is 0.459. The lowest BCUT2D eigenvalue weighted by atomic mass is 10.1. The third-order valence-electron chi connectivity index (χ3n) is 3.71. The zero-order valence-corrected chi connectivity index (χ0v) is 15.4. The number of benzene rings is 2. The molecule has 2 N–H and O–H groups in total. The standard InChI is InChI=1S/C18H19N3O4S/c1-11-4-5-13(18(23)19-3)10-16(11)20-17(22)12(2)26-15-8-6-14(7-9-15)21(24)25/h4-10,12H,1-3H3,(H,19,23)(H,20,22). The first kappa shape index (κ1) is 19.5. The van der Waals surface area contributed by atoms with E-state index in [1.165, 1.54) is 23.9 Å². The molecule has 0 aliphatic heterocycles. The Bertz CT molecular complexity index is 837. The van der Waals surface area contributed by atoms with E-state index < -0.39 is 10.2 Å². The summed E-state index contributed by atoms with van der Waals surface area (Å²) in [7, 11) is 1.54. The zero-order chi connectivity index (χ0) is 19.3. The van der Waals surface area contributed by atoms with Crippen LogP contribution in [0.25, 0.3) is 0 Å². The Labute approximate surface area is 155 Å². The molecule has 0 bridgehead atoms. The fourth-order valence-electron chi connectivity index (χ4n) is 2.18. The molecule has 0 fully saturated rings. The van der Waals surface area contributed by atoms with E-state index in [2.05, 4.69) is 10.6 Å². The number of nitro groups is 1. The average Bonchev–Trinajstić information content (AvgIpc) is 2.63. The first-order valence-electron chi connectivity index (χ1n) is 7.86. The van der Waals surface area contributed by atoms with Gasteiger partial charge in [0.15, 0.2) is 0 Å². The fourth-order valence-corrected chi connectivity index (χ4v) is 3.05. The Morgan fingerprint density at radius 1 is 1.15 bits per heavy atom. The highest BCUT2D eigenvalue weighted by Crippen LogP contribution is 2.27. The molecule has 2 aromatic rings. The van der Waals surface area contributed by atoms with Gasteiger partial charge in [0, 0.05) is 35.3 Å². The minimum atomic E-state index is -0.465. The molecule has 0 heterocycles. The second kappa shape index (κ2) is 8.48. The van der Waals surface area contributed by atoms with Gasteiger partial charge in [0.1, 0.15) is 0 Å². The van der Waals surface area contributed by atoms with Gasteiger partial charge in [-0.2, -0.15) is 0 Å². The van der Waals surface area contributed by atoms with Gasteiger partial charge in [-0.3, -0.25) is 19.7 Å². The SMILES string of the molecule is CNC(=O)c1ccc(C)c(NC(=O)C(C)Sc2ccc([N+](=O)[O-])cc2)c1. The van der Waals surface area contributed by atoms with E-state index >= 15 is 0 Å². The summed E-state index contributed by atoms with van der Waals surface area (Å²) in [5, 5.41) is 15.6. The lowest BCUT2D eigenvalue weighted by molar-refractivity contribution is -0.384. The monoisotopic (exact) mass is 373 g/mol. The number of nitrogens with one attached hydrogen (secondary N) is 2. The molecule has 2 amide bonds. The van der Waals surface area contributed by atoms with Crippen LogP contribution >= 0.6 is 11.8 Å². The Kier molecular flexibility index (Phi) is 6.35. The van der Waals surface area contributed by atoms with E-state index in [1.54, 1.807) is 44.3 Å². The van der Waals surface area contributed by atoms with Crippen molar-refractivity contribution in [2.45, 2.75) is 24.0 Å². The topological polar surface area (TPSA) is 101 Å². The van der Waals surface area contributed by atoms with Crippen LogP contribution in [-0.4, -0.2) is 29.0 Å². The summed E-state index contributed by atoms with van der Waals surface area (Å²) < 4.78 is 0. The minimum Gasteiger partial charge on any atom is -0.355 e. The Morgan fingerprint density at radius 3 is 2.38 bits per heavy atom. The van der Waals surface area contributed by atoms with Crippen molar-refractivity contribution in [1.29, 1.82) is 0 Å². The third-order valence-corrected chi connectivity index (χ3v) is 4.83. The van der Waals surface area contributed by atoms with Crippen LogP contribution < -0.4 is 10.6 Å². The van der Waals surface area contributed by atoms with Gasteiger partial charge in [-0.25, -0.2) is 0 Å². The van der Waals surface area contributed by atoms with E-state index in [0.29, 0.717) is 11.3 Å². The number of carbonyl (C=O) groups excluding carboxylic acids is 2. The number of nitrogens with zero attached hydrogens (tertiary/aromatic N) is 1. The fraction of sp³-hybridized carbons (Fsp3) is 0.222. The number of carbonyl (C=O) groups is 2. The summed E-state index contributed by atoms with van der Waals surface area (Å²) in [5.41, 5.74) is 1.89. The van der Waals surface area contributed by atoms with Gasteiger partial charge in [0.05, 0.1) is 10.2 Å². The van der Waals surface area contributed by atoms with Crippen LogP contribution in [0.15, 0.2) is 47.4 Å². The summed E-state index contributed by atoms with van der Waals surface area (Å²) in [6.07, 6.45) is 0. The summed E-state index contributed by atoms with van der Waals surface area (Å²) in [6.45, 7) is 3.59. The summed E-state index contributed by atoms with van der Waals surface area (Å²) >= 11 is 1.30. The molecule has 1 atom stereocenters. The smallest absolute Gasteiger partial charge is 0.269 e. The largest absolute Gasteiger partial charge is 0.355 e. The lowest BCUT2D eigenvalue weighted by Gasteiger charge is -2.14. The molecule has 1 unspecified atom stereocenters. The molecule has 2 rings (SSSR count). The van der Waals surface area contributed by atoms with Crippen molar-refractivity contribution >= 4 is 35.0 Å². The molecule has 136 valence electrons. The number of hydrogen-bond acceptors (Lipinski definition) is 5. The van der Waals surface area contributed by atoms with E-state index in [1.807, 2.05) is 6.92 Å². The van der Waals surface area contributed by atoms with Crippen molar-refractivity contribution in [2.24, 2.45) is 0 Å². The van der Waals surface area contributed by atoms with Gasteiger partial charge in [-0.15, -0.1) is 11.8 Å². The molecule has 26 heavy (non-hydrogen) atoms. The number of thioether (sulfide) groups is 1. The van der Waals surface area contributed by atoms with Crippen LogP contribution in [0.5, 0.6) is 0 Å². The summed E-state index contributed by atoms with van der Waals surface area (Å²) in [4.78, 5) is 35.2. The number of non-ortho nitro benzene ring substituents is 1. The Balaban J connectivity index is 2.07. The highest BCUT2D eigenvalue weighted by molar-refractivity contribution is 8.00. The van der Waals surface area contributed by atoms with Crippen LogP contribution in [0.4, 0.5) is 11.4 Å². The van der Waals surface area contributed by atoms with Gasteiger partial charge >= 0.3 is 0 Å². The molecule has 8 heteroatoms. The maximum atomic E-state index is 12.5. The number of nitro benzene ring substituents is 1. The molecule has 0 spiro atoms. The van der Waals surface area contributed by atoms with Crippen molar-refractivity contribution in [1.82, 2.24) is 5.32 Å². The van der Waals surface area contributed by atoms with E-state index in [0.717, 1.165) is 10.5 Å². The minimum absolute atomic E-state index is 0.00750. The number of aryl methyl sites for hydroxylation is 1. The number of rotatable bonds is 6. The van der Waals surface area contributed by atoms with Gasteiger partial charge < -0.3 is 10.6 Å². The van der Waals surface area contributed by atoms with Crippen molar-refractivity contribution < 1.29 is 14.5 Å². The van der Waals surface area contributed by atoms with Crippen LogP contribution in [0, 0.1) is 17.0 Å². The first-order chi connectivity index (χ1) is 12.3. The van der Waals surface area contributed by atoms with E-state index in [4.69, 9.17) is 0 Å². The van der Waals surface area contributed by atoms with Crippen molar-refractivity contribution in [2.75, 3.05) is 12.4 Å². The normalized spacial score (nSPS) is 11.5. The molecule has 0 aliphatic rings. The molecule has 0 aliphatic carbocycles. The van der Waals surface area contributed by atoms with Crippen molar-refractivity contribution in [3.8, 4) is 0 Å². The molecule has 0 aromatic heterocycles. The maximum absolute atomic E-state index is 12.5. The summed E-state index contributed by atoms with van der Waals surface area (Å²) in [6, 6.07) is 11.1. The number of hydrogen-bond donors (Lipinski definition) is 2. The average molecular weight is 373 g/mol. The summed E-state index contributed by atoms with van der Waals surface area (Å²) in [5.74, 6) is -0.445. The van der Waals surface area contributed by atoms with E-state index in [-0.39, 0.29) is 17.5 Å². The molecule has 0 saturated carbocycles. The molecule has 7 nitrogen and oxygen atoms in total. The van der Waals surface area contributed by atoms with Gasteiger partial charge in [0.25, 0.3) is 11.6 Å². The third kappa shape index (κ3) is 4.82. The molecule has 0 saturated heterocycles. The maximum Gasteiger partial charge on any atom is 0.269 e. The molecule has 2 aromatic carbocycles. The molecular weight excluding hydrogens is 354 g/mol. The van der Waals surface area contributed by atoms with Crippen LogP contribution in [0.1, 0.15) is 22.8 Å². The predicted molar refractivity (Wildman–Crippen MR) is 102 cm³/mol. The first-order valence-corrected chi connectivity index (χ1v) is 8.74.